The second-order valence-corrected chi connectivity index (χ2v) is 7.33. The quantitative estimate of drug-likeness (QED) is 0.303. The molecule has 0 aliphatic heterocycles. The highest BCUT2D eigenvalue weighted by Gasteiger charge is 2.21. The molecule has 0 heterocycles. The lowest BCUT2D eigenvalue weighted by molar-refractivity contribution is 0.0136. The highest BCUT2D eigenvalue weighted by Crippen LogP contribution is 2.25. The van der Waals surface area contributed by atoms with Crippen molar-refractivity contribution in [1.82, 2.24) is 5.32 Å². The van der Waals surface area contributed by atoms with Crippen LogP contribution >= 0.6 is 0 Å². The fourth-order valence-corrected chi connectivity index (χ4v) is 3.18. The summed E-state index contributed by atoms with van der Waals surface area (Å²) in [4.78, 5) is 24.5. The van der Waals surface area contributed by atoms with Crippen LogP contribution in [0.1, 0.15) is 39.6 Å². The van der Waals surface area contributed by atoms with Crippen molar-refractivity contribution in [3.05, 3.63) is 101 Å². The average molecular weight is 434 g/mol. The molecule has 0 aromatic heterocycles. The van der Waals surface area contributed by atoms with Crippen LogP contribution in [0, 0.1) is 0 Å². The molecular formula is C25H26N2O5. The van der Waals surface area contributed by atoms with Crippen LogP contribution in [-0.2, 0) is 11.3 Å². The molecule has 0 fully saturated rings. The minimum Gasteiger partial charge on any atom is -0.445 e. The predicted octanol–water partition coefficient (Wildman–Crippen LogP) is 3.21. The summed E-state index contributed by atoms with van der Waals surface area (Å²) in [5, 5.41) is 23.4. The molecule has 0 aliphatic carbocycles. The van der Waals surface area contributed by atoms with E-state index in [9.17, 15) is 19.8 Å². The Morgan fingerprint density at radius 3 is 2.28 bits per heavy atom. The maximum absolute atomic E-state index is 12.7. The first-order valence-electron chi connectivity index (χ1n) is 10.3. The van der Waals surface area contributed by atoms with Crippen molar-refractivity contribution in [2.24, 2.45) is 0 Å². The minimum atomic E-state index is -1.25. The van der Waals surface area contributed by atoms with Crippen molar-refractivity contribution >= 4 is 17.6 Å². The summed E-state index contributed by atoms with van der Waals surface area (Å²) in [6, 6.07) is 22.5. The number of aliphatic hydroxyl groups is 2. The van der Waals surface area contributed by atoms with Gasteiger partial charge in [0.2, 0.25) is 0 Å². The van der Waals surface area contributed by atoms with E-state index < -0.39 is 18.3 Å². The summed E-state index contributed by atoms with van der Waals surface area (Å²) >= 11 is 0. The largest absolute Gasteiger partial charge is 0.445 e. The molecule has 0 spiro atoms. The summed E-state index contributed by atoms with van der Waals surface area (Å²) in [5.74, 6) is -0.269. The van der Waals surface area contributed by atoms with Crippen molar-refractivity contribution < 1.29 is 24.5 Å². The summed E-state index contributed by atoms with van der Waals surface area (Å²) in [6.07, 6.45) is -2.93. The molecule has 0 bridgehead atoms. The number of nitrogen functional groups attached to an aromatic ring is 1. The van der Waals surface area contributed by atoms with E-state index in [1.807, 2.05) is 36.4 Å². The molecule has 0 radical (unpaired) electrons. The van der Waals surface area contributed by atoms with E-state index in [0.717, 1.165) is 5.56 Å². The van der Waals surface area contributed by atoms with Crippen LogP contribution < -0.4 is 11.1 Å². The number of carbonyl (C=O) groups excluding carboxylic acids is 2. The van der Waals surface area contributed by atoms with Gasteiger partial charge in [-0.15, -0.1) is 0 Å². The molecule has 3 aromatic carbocycles. The van der Waals surface area contributed by atoms with Gasteiger partial charge >= 0.3 is 6.09 Å². The summed E-state index contributed by atoms with van der Waals surface area (Å²) in [7, 11) is 0. The van der Waals surface area contributed by atoms with E-state index in [-0.39, 0.29) is 36.6 Å². The Morgan fingerprint density at radius 1 is 0.938 bits per heavy atom. The van der Waals surface area contributed by atoms with E-state index in [1.54, 1.807) is 30.3 Å². The Labute approximate surface area is 186 Å². The molecule has 0 aliphatic rings. The number of amides is 1. The third kappa shape index (κ3) is 6.16. The molecule has 5 N–H and O–H groups in total. The standard InChI is InChI=1S/C25H26N2O5/c26-21-12-11-19(15-20(21)23(29)18-9-5-2-6-10-18)24(30)22(28)13-14-27-25(31)32-16-17-7-3-1-4-8-17/h1-12,15,22,24,28,30H,13-14,16,26H2,(H,27,31). The lowest BCUT2D eigenvalue weighted by Crippen LogP contribution is -2.29. The number of ketones is 1. The number of nitrogens with two attached hydrogens (primary N) is 1. The molecule has 166 valence electrons. The van der Waals surface area contributed by atoms with Gasteiger partial charge in [-0.25, -0.2) is 4.79 Å². The number of hydrogen-bond donors (Lipinski definition) is 4. The van der Waals surface area contributed by atoms with Crippen LogP contribution in [0.2, 0.25) is 0 Å². The zero-order chi connectivity index (χ0) is 22.9. The van der Waals surface area contributed by atoms with Gasteiger partial charge in [-0.1, -0.05) is 66.7 Å². The van der Waals surface area contributed by atoms with Gasteiger partial charge in [0.05, 0.1) is 6.10 Å². The number of carbonyl (C=O) groups is 2. The fraction of sp³-hybridized carbons (Fsp3) is 0.200. The number of rotatable bonds is 9. The zero-order valence-electron chi connectivity index (χ0n) is 17.5. The number of aliphatic hydroxyl groups excluding tert-OH is 2. The van der Waals surface area contributed by atoms with Crippen LogP contribution in [0.15, 0.2) is 78.9 Å². The molecule has 32 heavy (non-hydrogen) atoms. The van der Waals surface area contributed by atoms with Crippen molar-refractivity contribution in [2.45, 2.75) is 25.2 Å². The Bertz CT molecular complexity index is 1040. The Kier molecular flexibility index (Phi) is 7.96. The monoisotopic (exact) mass is 434 g/mol. The highest BCUT2D eigenvalue weighted by molar-refractivity contribution is 6.12. The first kappa shape index (κ1) is 23.0. The van der Waals surface area contributed by atoms with Crippen LogP contribution in [-0.4, -0.2) is 34.7 Å². The van der Waals surface area contributed by atoms with Crippen molar-refractivity contribution in [2.75, 3.05) is 12.3 Å². The maximum Gasteiger partial charge on any atom is 0.407 e. The van der Waals surface area contributed by atoms with Crippen molar-refractivity contribution in [1.29, 1.82) is 0 Å². The molecule has 3 aromatic rings. The Hall–Kier alpha value is -3.68. The van der Waals surface area contributed by atoms with Crippen molar-refractivity contribution in [3.8, 4) is 0 Å². The highest BCUT2D eigenvalue weighted by atomic mass is 16.5. The topological polar surface area (TPSA) is 122 Å². The normalized spacial score (nSPS) is 12.6. The SMILES string of the molecule is Nc1ccc(C(O)C(O)CCNC(=O)OCc2ccccc2)cc1C(=O)c1ccccc1. The number of nitrogens with one attached hydrogen (secondary N) is 1. The number of hydrogen-bond acceptors (Lipinski definition) is 6. The number of ether oxygens (including phenoxy) is 1. The second-order valence-electron chi connectivity index (χ2n) is 7.33. The fourth-order valence-electron chi connectivity index (χ4n) is 3.18. The van der Waals surface area contributed by atoms with Gasteiger partial charge in [0.1, 0.15) is 12.7 Å². The van der Waals surface area contributed by atoms with E-state index in [0.29, 0.717) is 11.1 Å². The number of anilines is 1. The number of alkyl carbamates (subject to hydrolysis) is 1. The predicted molar refractivity (Wildman–Crippen MR) is 121 cm³/mol. The second kappa shape index (κ2) is 11.1. The zero-order valence-corrected chi connectivity index (χ0v) is 17.5. The molecule has 7 nitrogen and oxygen atoms in total. The van der Waals surface area contributed by atoms with Crippen LogP contribution in [0.4, 0.5) is 10.5 Å². The third-order valence-electron chi connectivity index (χ3n) is 4.99. The van der Waals surface area contributed by atoms with Crippen LogP contribution in [0.25, 0.3) is 0 Å². The summed E-state index contributed by atoms with van der Waals surface area (Å²) in [6.45, 7) is 0.248. The smallest absolute Gasteiger partial charge is 0.407 e. The molecule has 1 amide bonds. The lowest BCUT2D eigenvalue weighted by Gasteiger charge is -2.19. The van der Waals surface area contributed by atoms with Gasteiger partial charge in [-0.3, -0.25) is 4.79 Å². The van der Waals surface area contributed by atoms with Crippen LogP contribution in [0.3, 0.4) is 0 Å². The van der Waals surface area contributed by atoms with E-state index in [1.165, 1.54) is 12.1 Å². The van der Waals surface area contributed by atoms with Gasteiger partial charge in [-0.05, 0) is 29.7 Å². The van der Waals surface area contributed by atoms with E-state index in [2.05, 4.69) is 5.32 Å². The molecular weight excluding hydrogens is 408 g/mol. The van der Waals surface area contributed by atoms with Gasteiger partial charge in [-0.2, -0.15) is 0 Å². The molecule has 0 saturated carbocycles. The molecule has 0 saturated heterocycles. The first-order chi connectivity index (χ1) is 15.5. The average Bonchev–Trinajstić information content (AvgIpc) is 2.83. The maximum atomic E-state index is 12.7. The van der Waals surface area contributed by atoms with Crippen molar-refractivity contribution in [3.63, 3.8) is 0 Å². The van der Waals surface area contributed by atoms with E-state index >= 15 is 0 Å². The summed E-state index contributed by atoms with van der Waals surface area (Å²) < 4.78 is 5.11. The minimum absolute atomic E-state index is 0.0912. The molecule has 7 heteroatoms. The Balaban J connectivity index is 1.53. The first-order valence-corrected chi connectivity index (χ1v) is 10.3. The third-order valence-corrected chi connectivity index (χ3v) is 4.99. The Morgan fingerprint density at radius 2 is 1.59 bits per heavy atom. The van der Waals surface area contributed by atoms with E-state index in [4.69, 9.17) is 10.5 Å². The molecule has 2 atom stereocenters. The lowest BCUT2D eigenvalue weighted by atomic mass is 9.95. The molecule has 2 unspecified atom stereocenters. The van der Waals surface area contributed by atoms with Gasteiger partial charge < -0.3 is 26.0 Å². The molecule has 3 rings (SSSR count). The van der Waals surface area contributed by atoms with Gasteiger partial charge in [0, 0.05) is 23.4 Å². The van der Waals surface area contributed by atoms with Gasteiger partial charge in [0.25, 0.3) is 0 Å². The van der Waals surface area contributed by atoms with Gasteiger partial charge in [0.15, 0.2) is 5.78 Å². The van der Waals surface area contributed by atoms with Crippen LogP contribution in [0.5, 0.6) is 0 Å². The number of benzene rings is 3. The summed E-state index contributed by atoms with van der Waals surface area (Å²) in [5.41, 5.74) is 8.20.